The fourth-order valence-electron chi connectivity index (χ4n) is 2.67. The average Bonchev–Trinajstić information content (AvgIpc) is 2.85. The zero-order chi connectivity index (χ0) is 19.1. The standard InChI is InChI=1S/C16H12Cl4N2O3S/c17-9-6-10(18)8-11(7-9)21-16(23)14-12(19)2-3-13(15(14)20)22-4-1-5-26(22,24)25/h2-3,6-8H,1,4-5H2,(H,21,23). The molecule has 10 heteroatoms. The molecular weight excluding hydrogens is 442 g/mol. The summed E-state index contributed by atoms with van der Waals surface area (Å²) in [6, 6.07) is 7.48. The maximum Gasteiger partial charge on any atom is 0.258 e. The van der Waals surface area contributed by atoms with Crippen LogP contribution in [0.5, 0.6) is 0 Å². The van der Waals surface area contributed by atoms with Gasteiger partial charge in [-0.2, -0.15) is 0 Å². The number of hydrogen-bond donors (Lipinski definition) is 1. The van der Waals surface area contributed by atoms with Gasteiger partial charge in [0.05, 0.1) is 27.0 Å². The molecule has 1 aliphatic heterocycles. The largest absolute Gasteiger partial charge is 0.322 e. The zero-order valence-electron chi connectivity index (χ0n) is 13.1. The third-order valence-corrected chi connectivity index (χ3v) is 6.78. The first-order chi connectivity index (χ1) is 12.2. The first-order valence-corrected chi connectivity index (χ1v) is 10.6. The lowest BCUT2D eigenvalue weighted by atomic mass is 10.1. The normalized spacial score (nSPS) is 15.9. The second kappa shape index (κ2) is 7.44. The molecular formula is C16H12Cl4N2O3S. The van der Waals surface area contributed by atoms with Crippen molar-refractivity contribution in [3.05, 3.63) is 56.0 Å². The third kappa shape index (κ3) is 3.89. The number of sulfonamides is 1. The van der Waals surface area contributed by atoms with E-state index in [1.807, 2.05) is 0 Å². The second-order valence-electron chi connectivity index (χ2n) is 5.61. The summed E-state index contributed by atoms with van der Waals surface area (Å²) in [5, 5.41) is 3.38. The number of carbonyl (C=O) groups excluding carboxylic acids is 1. The van der Waals surface area contributed by atoms with Gasteiger partial charge in [-0.05, 0) is 36.8 Å². The molecule has 0 bridgehead atoms. The summed E-state index contributed by atoms with van der Waals surface area (Å²) in [4.78, 5) is 12.7. The number of amides is 1. The lowest BCUT2D eigenvalue weighted by molar-refractivity contribution is 0.102. The van der Waals surface area contributed by atoms with Crippen molar-refractivity contribution in [2.75, 3.05) is 21.9 Å². The van der Waals surface area contributed by atoms with Crippen molar-refractivity contribution in [1.29, 1.82) is 0 Å². The van der Waals surface area contributed by atoms with Gasteiger partial charge in [-0.3, -0.25) is 9.10 Å². The Bertz CT molecular complexity index is 975. The summed E-state index contributed by atoms with van der Waals surface area (Å²) < 4.78 is 25.5. The summed E-state index contributed by atoms with van der Waals surface area (Å²) >= 11 is 24.3. The lowest BCUT2D eigenvalue weighted by Gasteiger charge is -2.20. The minimum absolute atomic E-state index is 0.0240. The van der Waals surface area contributed by atoms with Gasteiger partial charge in [0.2, 0.25) is 10.0 Å². The topological polar surface area (TPSA) is 66.5 Å². The van der Waals surface area contributed by atoms with Crippen LogP contribution in [0.2, 0.25) is 20.1 Å². The molecule has 2 aromatic rings. The number of nitrogens with one attached hydrogen (secondary N) is 1. The molecule has 26 heavy (non-hydrogen) atoms. The van der Waals surface area contributed by atoms with Crippen molar-refractivity contribution in [2.45, 2.75) is 6.42 Å². The molecule has 1 N–H and O–H groups in total. The van der Waals surface area contributed by atoms with Crippen LogP contribution in [0.3, 0.4) is 0 Å². The van der Waals surface area contributed by atoms with Crippen molar-refractivity contribution >= 4 is 73.7 Å². The molecule has 1 aliphatic rings. The van der Waals surface area contributed by atoms with Crippen LogP contribution in [0.25, 0.3) is 0 Å². The summed E-state index contributed by atoms with van der Waals surface area (Å²) in [6.07, 6.45) is 0.490. The van der Waals surface area contributed by atoms with Crippen LogP contribution in [0.4, 0.5) is 11.4 Å². The number of rotatable bonds is 3. The van der Waals surface area contributed by atoms with Crippen LogP contribution < -0.4 is 9.62 Å². The first-order valence-electron chi connectivity index (χ1n) is 7.45. The van der Waals surface area contributed by atoms with Gasteiger partial charge in [0, 0.05) is 22.3 Å². The van der Waals surface area contributed by atoms with E-state index in [9.17, 15) is 13.2 Å². The van der Waals surface area contributed by atoms with Gasteiger partial charge in [0.1, 0.15) is 0 Å². The molecule has 1 saturated heterocycles. The highest BCUT2D eigenvalue weighted by atomic mass is 35.5. The minimum atomic E-state index is -3.45. The SMILES string of the molecule is O=C(Nc1cc(Cl)cc(Cl)c1)c1c(Cl)ccc(N2CCCS2(=O)=O)c1Cl. The Morgan fingerprint density at radius 2 is 1.69 bits per heavy atom. The lowest BCUT2D eigenvalue weighted by Crippen LogP contribution is -2.26. The third-order valence-electron chi connectivity index (χ3n) is 3.79. The highest BCUT2D eigenvalue weighted by Gasteiger charge is 2.31. The number of anilines is 2. The molecule has 5 nitrogen and oxygen atoms in total. The molecule has 2 aromatic carbocycles. The second-order valence-corrected chi connectivity index (χ2v) is 9.28. The van der Waals surface area contributed by atoms with Crippen LogP contribution >= 0.6 is 46.4 Å². The van der Waals surface area contributed by atoms with Crippen LogP contribution in [0.1, 0.15) is 16.8 Å². The zero-order valence-corrected chi connectivity index (χ0v) is 16.9. The molecule has 0 atom stereocenters. The Balaban J connectivity index is 1.99. The number of carbonyl (C=O) groups is 1. The van der Waals surface area contributed by atoms with E-state index in [0.29, 0.717) is 28.7 Å². The van der Waals surface area contributed by atoms with Gasteiger partial charge < -0.3 is 5.32 Å². The molecule has 1 amide bonds. The molecule has 0 aromatic heterocycles. The number of hydrogen-bond acceptors (Lipinski definition) is 3. The average molecular weight is 454 g/mol. The van der Waals surface area contributed by atoms with E-state index >= 15 is 0 Å². The number of benzene rings is 2. The monoisotopic (exact) mass is 452 g/mol. The predicted octanol–water partition coefficient (Wildman–Crippen LogP) is 5.09. The van der Waals surface area contributed by atoms with E-state index in [0.717, 1.165) is 0 Å². The van der Waals surface area contributed by atoms with Crippen LogP contribution in [-0.2, 0) is 10.0 Å². The summed E-state index contributed by atoms with van der Waals surface area (Å²) in [6.45, 7) is 0.300. The summed E-state index contributed by atoms with van der Waals surface area (Å²) in [5.41, 5.74) is 0.561. The van der Waals surface area contributed by atoms with Gasteiger partial charge in [-0.15, -0.1) is 0 Å². The molecule has 0 saturated carbocycles. The van der Waals surface area contributed by atoms with Gasteiger partial charge in [-0.1, -0.05) is 46.4 Å². The Kier molecular flexibility index (Phi) is 5.61. The molecule has 0 aliphatic carbocycles. The van der Waals surface area contributed by atoms with Gasteiger partial charge in [0.25, 0.3) is 5.91 Å². The fourth-order valence-corrected chi connectivity index (χ4v) is 5.47. The van der Waals surface area contributed by atoms with E-state index in [-0.39, 0.29) is 27.0 Å². The van der Waals surface area contributed by atoms with Crippen LogP contribution in [0, 0.1) is 0 Å². The summed E-state index contributed by atoms with van der Waals surface area (Å²) in [5.74, 6) is -0.564. The highest BCUT2D eigenvalue weighted by Crippen LogP contribution is 2.37. The Hall–Kier alpha value is -1.18. The molecule has 1 fully saturated rings. The molecule has 3 rings (SSSR count). The Labute approximate surface area is 170 Å². The van der Waals surface area contributed by atoms with Crippen LogP contribution in [-0.4, -0.2) is 26.6 Å². The molecule has 138 valence electrons. The van der Waals surface area contributed by atoms with Crippen molar-refractivity contribution in [3.63, 3.8) is 0 Å². The van der Waals surface area contributed by atoms with E-state index in [1.54, 1.807) is 0 Å². The minimum Gasteiger partial charge on any atom is -0.322 e. The fraction of sp³-hybridized carbons (Fsp3) is 0.188. The van der Waals surface area contributed by atoms with Crippen LogP contribution in [0.15, 0.2) is 30.3 Å². The quantitative estimate of drug-likeness (QED) is 0.703. The Morgan fingerprint density at radius 1 is 1.04 bits per heavy atom. The maximum atomic E-state index is 12.7. The highest BCUT2D eigenvalue weighted by molar-refractivity contribution is 7.93. The molecule has 0 spiro atoms. The maximum absolute atomic E-state index is 12.7. The van der Waals surface area contributed by atoms with Crippen molar-refractivity contribution in [1.82, 2.24) is 0 Å². The van der Waals surface area contributed by atoms with Crippen molar-refractivity contribution in [3.8, 4) is 0 Å². The van der Waals surface area contributed by atoms with Gasteiger partial charge >= 0.3 is 0 Å². The number of nitrogens with zero attached hydrogens (tertiary/aromatic N) is 1. The smallest absolute Gasteiger partial charge is 0.258 e. The van der Waals surface area contributed by atoms with Crippen molar-refractivity contribution < 1.29 is 13.2 Å². The molecule has 0 radical (unpaired) electrons. The van der Waals surface area contributed by atoms with E-state index < -0.39 is 15.9 Å². The molecule has 0 unspecified atom stereocenters. The predicted molar refractivity (Wildman–Crippen MR) is 107 cm³/mol. The van der Waals surface area contributed by atoms with Crippen molar-refractivity contribution in [2.24, 2.45) is 0 Å². The van der Waals surface area contributed by atoms with E-state index in [2.05, 4.69) is 5.32 Å². The summed E-state index contributed by atoms with van der Waals surface area (Å²) in [7, 11) is -3.45. The van der Waals surface area contributed by atoms with Gasteiger partial charge in [0.15, 0.2) is 0 Å². The van der Waals surface area contributed by atoms with Gasteiger partial charge in [-0.25, -0.2) is 8.42 Å². The molecule has 1 heterocycles. The first kappa shape index (κ1) is 19.6. The Morgan fingerprint density at radius 3 is 2.27 bits per heavy atom. The number of halogens is 4. The van der Waals surface area contributed by atoms with E-state index in [4.69, 9.17) is 46.4 Å². The van der Waals surface area contributed by atoms with E-state index in [1.165, 1.54) is 34.6 Å².